The molecule has 1 aromatic carbocycles. The zero-order chi connectivity index (χ0) is 21.6. The molecule has 0 aliphatic rings. The summed E-state index contributed by atoms with van der Waals surface area (Å²) in [6.07, 6.45) is 3.04. The van der Waals surface area contributed by atoms with E-state index < -0.39 is 21.7 Å². The van der Waals surface area contributed by atoms with E-state index in [4.69, 9.17) is 4.74 Å². The average molecular weight is 422 g/mol. The average Bonchev–Trinajstić information content (AvgIpc) is 2.79. The van der Waals surface area contributed by atoms with Gasteiger partial charge in [0.2, 0.25) is 10.0 Å². The van der Waals surface area contributed by atoms with E-state index in [1.54, 1.807) is 42.6 Å². The third-order valence-electron chi connectivity index (χ3n) is 4.28. The minimum absolute atomic E-state index is 0.0285. The van der Waals surface area contributed by atoms with E-state index in [0.29, 0.717) is 11.4 Å². The molecule has 9 heteroatoms. The summed E-state index contributed by atoms with van der Waals surface area (Å²) in [5.74, 6) is -1.64. The third-order valence-corrected chi connectivity index (χ3v) is 5.70. The van der Waals surface area contributed by atoms with E-state index in [0.717, 1.165) is 0 Å². The van der Waals surface area contributed by atoms with Gasteiger partial charge in [-0.3, -0.25) is 14.8 Å². The number of ether oxygens (including phenoxy) is 1. The molecule has 0 saturated carbocycles. The van der Waals surface area contributed by atoms with Gasteiger partial charge in [-0.25, -0.2) is 13.1 Å². The van der Waals surface area contributed by atoms with Gasteiger partial charge < -0.3 is 4.74 Å². The Labute approximate surface area is 174 Å². The number of aromatic nitrogens is 2. The molecule has 0 spiro atoms. The van der Waals surface area contributed by atoms with E-state index in [2.05, 4.69) is 14.7 Å². The molecule has 0 aliphatic heterocycles. The van der Waals surface area contributed by atoms with Crippen LogP contribution in [0, 0.1) is 11.3 Å². The van der Waals surface area contributed by atoms with Crippen LogP contribution in [0.4, 0.5) is 0 Å². The fourth-order valence-corrected chi connectivity index (χ4v) is 3.95. The zero-order valence-corrected chi connectivity index (χ0v) is 16.8. The Bertz CT molecular complexity index is 1180. The number of nitrogens with zero attached hydrogens (tertiary/aromatic N) is 3. The third kappa shape index (κ3) is 4.68. The Kier molecular flexibility index (Phi) is 6.51. The quantitative estimate of drug-likeness (QED) is 0.553. The smallest absolute Gasteiger partial charge is 0.244 e. The number of methoxy groups -OCH3 is 1. The molecule has 30 heavy (non-hydrogen) atoms. The van der Waals surface area contributed by atoms with Crippen molar-refractivity contribution >= 4 is 15.8 Å². The van der Waals surface area contributed by atoms with Crippen molar-refractivity contribution < 1.29 is 17.9 Å². The molecular weight excluding hydrogens is 404 g/mol. The van der Waals surface area contributed by atoms with Gasteiger partial charge in [-0.2, -0.15) is 5.26 Å². The van der Waals surface area contributed by atoms with Crippen molar-refractivity contribution in [1.29, 1.82) is 5.26 Å². The Balaban J connectivity index is 1.93. The maximum absolute atomic E-state index is 12.9. The van der Waals surface area contributed by atoms with Crippen molar-refractivity contribution in [1.82, 2.24) is 14.7 Å². The highest BCUT2D eigenvalue weighted by Crippen LogP contribution is 2.27. The molecule has 0 bridgehead atoms. The molecule has 0 unspecified atom stereocenters. The van der Waals surface area contributed by atoms with E-state index in [1.807, 2.05) is 6.07 Å². The number of hydrogen-bond donors (Lipinski definition) is 1. The summed E-state index contributed by atoms with van der Waals surface area (Å²) in [6, 6.07) is 16.0. The molecule has 0 radical (unpaired) electrons. The first-order valence-corrected chi connectivity index (χ1v) is 10.4. The lowest BCUT2D eigenvalue weighted by Crippen LogP contribution is -2.24. The summed E-state index contributed by atoms with van der Waals surface area (Å²) in [6.45, 7) is -0.0285. The molecule has 8 nitrogen and oxygen atoms in total. The van der Waals surface area contributed by atoms with Gasteiger partial charge in [0.15, 0.2) is 11.7 Å². The largest absolute Gasteiger partial charge is 0.495 e. The van der Waals surface area contributed by atoms with E-state index >= 15 is 0 Å². The molecule has 152 valence electrons. The number of carbonyl (C=O) groups excluding carboxylic acids is 1. The fraction of sp³-hybridized carbons (Fsp3) is 0.143. The lowest BCUT2D eigenvalue weighted by molar-refractivity contribution is 0.0977. The summed E-state index contributed by atoms with van der Waals surface area (Å²) in [5.41, 5.74) is 0.886. The molecule has 0 amide bonds. The van der Waals surface area contributed by atoms with Gasteiger partial charge in [0, 0.05) is 18.0 Å². The molecule has 1 N–H and O–H groups in total. The molecule has 3 rings (SSSR count). The SMILES string of the molecule is COc1ccc(C(=O)[C@H](C#N)c2ccccn2)cc1S(=O)(=O)NCc1ccccn1. The normalized spacial score (nSPS) is 12.0. The van der Waals surface area contributed by atoms with Crippen molar-refractivity contribution in [3.63, 3.8) is 0 Å². The maximum Gasteiger partial charge on any atom is 0.244 e. The number of hydrogen-bond acceptors (Lipinski definition) is 7. The predicted octanol–water partition coefficient (Wildman–Crippen LogP) is 2.45. The first-order chi connectivity index (χ1) is 14.5. The molecule has 0 saturated heterocycles. The second kappa shape index (κ2) is 9.26. The van der Waals surface area contributed by atoms with Crippen LogP contribution < -0.4 is 9.46 Å². The zero-order valence-electron chi connectivity index (χ0n) is 16.0. The van der Waals surface area contributed by atoms with Crippen LogP contribution in [0.15, 0.2) is 71.9 Å². The van der Waals surface area contributed by atoms with Crippen LogP contribution in [-0.4, -0.2) is 31.3 Å². The van der Waals surface area contributed by atoms with Crippen molar-refractivity contribution in [2.24, 2.45) is 0 Å². The summed E-state index contributed by atoms with van der Waals surface area (Å²) in [4.78, 5) is 20.8. The maximum atomic E-state index is 12.9. The van der Waals surface area contributed by atoms with Crippen LogP contribution in [0.1, 0.15) is 27.7 Å². The van der Waals surface area contributed by atoms with Crippen molar-refractivity contribution in [2.45, 2.75) is 17.4 Å². The number of benzene rings is 1. The second-order valence-corrected chi connectivity index (χ2v) is 7.93. The van der Waals surface area contributed by atoms with Gasteiger partial charge in [0.25, 0.3) is 0 Å². The van der Waals surface area contributed by atoms with Crippen molar-refractivity contribution in [3.8, 4) is 11.8 Å². The topological polar surface area (TPSA) is 122 Å². The molecule has 1 atom stereocenters. The molecular formula is C21H18N4O4S. The monoisotopic (exact) mass is 422 g/mol. The number of nitriles is 1. The molecule has 2 heterocycles. The minimum atomic E-state index is -4.02. The lowest BCUT2D eigenvalue weighted by Gasteiger charge is -2.13. The van der Waals surface area contributed by atoms with Crippen LogP contribution in [0.5, 0.6) is 5.75 Å². The predicted molar refractivity (Wildman–Crippen MR) is 108 cm³/mol. The molecule has 0 aliphatic carbocycles. The van der Waals surface area contributed by atoms with E-state index in [9.17, 15) is 18.5 Å². The van der Waals surface area contributed by atoms with Gasteiger partial charge in [-0.15, -0.1) is 0 Å². The molecule has 3 aromatic rings. The second-order valence-electron chi connectivity index (χ2n) is 6.19. The minimum Gasteiger partial charge on any atom is -0.495 e. The van der Waals surface area contributed by atoms with Gasteiger partial charge in [0.05, 0.1) is 31.1 Å². The number of carbonyl (C=O) groups is 1. The number of sulfonamides is 1. The van der Waals surface area contributed by atoms with Gasteiger partial charge in [-0.1, -0.05) is 12.1 Å². The van der Waals surface area contributed by atoms with Crippen LogP contribution in [-0.2, 0) is 16.6 Å². The number of pyridine rings is 2. The highest BCUT2D eigenvalue weighted by Gasteiger charge is 2.26. The standard InChI is InChI=1S/C21H18N4O4S/c1-29-19-9-8-15(21(26)17(13-22)18-7-3-5-11-24-18)12-20(19)30(27,28)25-14-16-6-2-4-10-23-16/h2-12,17,25H,14H2,1H3/t17-/m1/s1. The Morgan fingerprint density at radius 2 is 1.87 bits per heavy atom. The molecule has 0 fully saturated rings. The number of nitrogens with one attached hydrogen (secondary N) is 1. The fourth-order valence-electron chi connectivity index (χ4n) is 2.76. The summed E-state index contributed by atoms with van der Waals surface area (Å²) in [5, 5.41) is 9.48. The first-order valence-electron chi connectivity index (χ1n) is 8.88. The highest BCUT2D eigenvalue weighted by molar-refractivity contribution is 7.89. The number of ketones is 1. The summed E-state index contributed by atoms with van der Waals surface area (Å²) < 4.78 is 33.3. The van der Waals surface area contributed by atoms with Gasteiger partial charge in [0.1, 0.15) is 10.6 Å². The molecule has 2 aromatic heterocycles. The Morgan fingerprint density at radius 1 is 1.13 bits per heavy atom. The van der Waals surface area contributed by atoms with Crippen LogP contribution >= 0.6 is 0 Å². The number of Topliss-reactive ketones (excluding diaryl/α,β-unsaturated/α-hetero) is 1. The van der Waals surface area contributed by atoms with Gasteiger partial charge in [-0.05, 0) is 42.5 Å². The first kappa shape index (κ1) is 21.1. The van der Waals surface area contributed by atoms with E-state index in [-0.39, 0.29) is 22.8 Å². The van der Waals surface area contributed by atoms with Crippen LogP contribution in [0.3, 0.4) is 0 Å². The van der Waals surface area contributed by atoms with E-state index in [1.165, 1.54) is 31.5 Å². The highest BCUT2D eigenvalue weighted by atomic mass is 32.2. The van der Waals surface area contributed by atoms with Crippen LogP contribution in [0.25, 0.3) is 0 Å². The Hall–Kier alpha value is -3.61. The summed E-state index contributed by atoms with van der Waals surface area (Å²) >= 11 is 0. The number of rotatable bonds is 8. The summed E-state index contributed by atoms with van der Waals surface area (Å²) in [7, 11) is -2.69. The van der Waals surface area contributed by atoms with Crippen molar-refractivity contribution in [3.05, 3.63) is 83.9 Å². The Morgan fingerprint density at radius 3 is 2.47 bits per heavy atom. The van der Waals surface area contributed by atoms with Gasteiger partial charge >= 0.3 is 0 Å². The van der Waals surface area contributed by atoms with Crippen LogP contribution in [0.2, 0.25) is 0 Å². The lowest BCUT2D eigenvalue weighted by atomic mass is 9.95. The van der Waals surface area contributed by atoms with Crippen molar-refractivity contribution in [2.75, 3.05) is 7.11 Å².